The van der Waals surface area contributed by atoms with Crippen LogP contribution in [0.25, 0.3) is 11.3 Å². The van der Waals surface area contributed by atoms with Gasteiger partial charge >= 0.3 is 0 Å². The molecule has 1 fully saturated rings. The molecule has 2 N–H and O–H groups in total. The fraction of sp³-hybridized carbons (Fsp3) is 0.333. The molecule has 1 amide bonds. The van der Waals surface area contributed by atoms with Gasteiger partial charge in [-0.3, -0.25) is 14.7 Å². The van der Waals surface area contributed by atoms with Crippen molar-refractivity contribution >= 4 is 5.91 Å². The highest BCUT2D eigenvalue weighted by Gasteiger charge is 2.30. The second-order valence-corrected chi connectivity index (χ2v) is 7.28. The lowest BCUT2D eigenvalue weighted by molar-refractivity contribution is 0.0706. The number of carbonyl (C=O) groups is 1. The molecule has 3 heterocycles. The summed E-state index contributed by atoms with van der Waals surface area (Å²) in [5.41, 5.74) is 3.57. The summed E-state index contributed by atoms with van der Waals surface area (Å²) in [5, 5.41) is 7.33. The van der Waals surface area contributed by atoms with Gasteiger partial charge in [-0.1, -0.05) is 30.3 Å². The van der Waals surface area contributed by atoms with Crippen LogP contribution in [0.4, 0.5) is 0 Å². The molecule has 1 unspecified atom stereocenters. The Labute approximate surface area is 162 Å². The fourth-order valence-corrected chi connectivity index (χ4v) is 3.87. The lowest BCUT2D eigenvalue weighted by Gasteiger charge is -2.32. The van der Waals surface area contributed by atoms with Gasteiger partial charge < -0.3 is 9.88 Å². The number of amides is 1. The molecule has 1 aromatic carbocycles. The van der Waals surface area contributed by atoms with E-state index in [2.05, 4.69) is 20.2 Å². The quantitative estimate of drug-likeness (QED) is 0.734. The maximum atomic E-state index is 13.4. The number of piperidine rings is 1. The molecule has 7 heteroatoms. The van der Waals surface area contributed by atoms with Crippen molar-refractivity contribution in [3.05, 3.63) is 69.5 Å². The van der Waals surface area contributed by atoms with Crippen LogP contribution in [0.15, 0.2) is 41.2 Å². The molecule has 28 heavy (non-hydrogen) atoms. The van der Waals surface area contributed by atoms with Crippen molar-refractivity contribution in [3.63, 3.8) is 0 Å². The van der Waals surface area contributed by atoms with E-state index >= 15 is 0 Å². The van der Waals surface area contributed by atoms with Crippen LogP contribution in [0.2, 0.25) is 0 Å². The number of likely N-dealkylation sites (tertiary alicyclic amines) is 1. The molecule has 1 atom stereocenters. The number of hydrogen-bond acceptors (Lipinski definition) is 4. The molecule has 2 aromatic heterocycles. The minimum Gasteiger partial charge on any atom is -0.338 e. The normalized spacial score (nSPS) is 16.9. The number of aryl methyl sites for hydroxylation is 2. The monoisotopic (exact) mass is 377 g/mol. The number of hydrogen-bond donors (Lipinski definition) is 2. The lowest BCUT2D eigenvalue weighted by Crippen LogP contribution is -2.40. The highest BCUT2D eigenvalue weighted by molar-refractivity contribution is 6.01. The molecular formula is C21H23N5O2. The molecule has 1 saturated heterocycles. The van der Waals surface area contributed by atoms with Gasteiger partial charge in [0.15, 0.2) is 0 Å². The Morgan fingerprint density at radius 1 is 1.21 bits per heavy atom. The van der Waals surface area contributed by atoms with Crippen molar-refractivity contribution in [1.29, 1.82) is 0 Å². The van der Waals surface area contributed by atoms with Gasteiger partial charge in [-0.25, -0.2) is 4.98 Å². The van der Waals surface area contributed by atoms with Crippen LogP contribution in [0, 0.1) is 13.8 Å². The Morgan fingerprint density at radius 3 is 2.75 bits per heavy atom. The van der Waals surface area contributed by atoms with Gasteiger partial charge in [0.1, 0.15) is 11.5 Å². The molecule has 144 valence electrons. The number of H-pyrrole nitrogens is 2. The molecule has 0 radical (unpaired) electrons. The second kappa shape index (κ2) is 7.42. The Balaban J connectivity index is 1.62. The topological polar surface area (TPSA) is 94.7 Å². The van der Waals surface area contributed by atoms with Crippen molar-refractivity contribution in [2.45, 2.75) is 32.6 Å². The Kier molecular flexibility index (Phi) is 4.81. The first kappa shape index (κ1) is 18.2. The molecule has 1 aliphatic heterocycles. The SMILES string of the molecule is Cc1nc(C2CCCN(C(=O)c3c(-c4ccccc4)n[nH]c3C)C2)cc(=O)[nH]1. The maximum absolute atomic E-state index is 13.4. The Hall–Kier alpha value is -3.22. The number of nitrogens with zero attached hydrogens (tertiary/aromatic N) is 3. The standard InChI is InChI=1S/C21H23N5O2/c1-13-19(20(25-24-13)15-7-4-3-5-8-15)21(28)26-10-6-9-16(12-26)17-11-18(27)23-14(2)22-17/h3-5,7-8,11,16H,6,9-10,12H2,1-2H3,(H,24,25)(H,22,23,27). The number of rotatable bonds is 3. The van der Waals surface area contributed by atoms with Crippen LogP contribution in [0.1, 0.15) is 46.3 Å². The van der Waals surface area contributed by atoms with Gasteiger partial charge in [0.2, 0.25) is 0 Å². The highest BCUT2D eigenvalue weighted by Crippen LogP contribution is 2.29. The minimum absolute atomic E-state index is 0.0311. The van der Waals surface area contributed by atoms with E-state index in [-0.39, 0.29) is 17.4 Å². The van der Waals surface area contributed by atoms with Gasteiger partial charge in [0.25, 0.3) is 11.5 Å². The third-order valence-corrected chi connectivity index (χ3v) is 5.22. The van der Waals surface area contributed by atoms with Crippen LogP contribution in [0.5, 0.6) is 0 Å². The van der Waals surface area contributed by atoms with Crippen LogP contribution in [-0.2, 0) is 0 Å². The molecule has 0 saturated carbocycles. The van der Waals surface area contributed by atoms with Crippen molar-refractivity contribution in [3.8, 4) is 11.3 Å². The fourth-order valence-electron chi connectivity index (χ4n) is 3.87. The zero-order valence-electron chi connectivity index (χ0n) is 16.0. The van der Waals surface area contributed by atoms with Crippen molar-refractivity contribution in [2.75, 3.05) is 13.1 Å². The number of benzene rings is 1. The van der Waals surface area contributed by atoms with Crippen molar-refractivity contribution in [2.24, 2.45) is 0 Å². The summed E-state index contributed by atoms with van der Waals surface area (Å²) >= 11 is 0. The van der Waals surface area contributed by atoms with E-state index in [1.807, 2.05) is 42.2 Å². The van der Waals surface area contributed by atoms with E-state index in [9.17, 15) is 9.59 Å². The van der Waals surface area contributed by atoms with E-state index < -0.39 is 0 Å². The van der Waals surface area contributed by atoms with Gasteiger partial charge in [-0.2, -0.15) is 5.10 Å². The van der Waals surface area contributed by atoms with Crippen molar-refractivity contribution in [1.82, 2.24) is 25.1 Å². The Bertz CT molecular complexity index is 1050. The van der Waals surface area contributed by atoms with Crippen LogP contribution in [-0.4, -0.2) is 44.1 Å². The minimum atomic E-state index is -0.150. The summed E-state index contributed by atoms with van der Waals surface area (Å²) in [7, 11) is 0. The summed E-state index contributed by atoms with van der Waals surface area (Å²) < 4.78 is 0. The van der Waals surface area contributed by atoms with Crippen LogP contribution in [0.3, 0.4) is 0 Å². The van der Waals surface area contributed by atoms with E-state index in [0.717, 1.165) is 29.8 Å². The van der Waals surface area contributed by atoms with Gasteiger partial charge in [0.05, 0.1) is 11.3 Å². The predicted octanol–water partition coefficient (Wildman–Crippen LogP) is 2.80. The predicted molar refractivity (Wildman–Crippen MR) is 106 cm³/mol. The first-order chi connectivity index (χ1) is 13.5. The first-order valence-electron chi connectivity index (χ1n) is 9.50. The smallest absolute Gasteiger partial charge is 0.257 e. The maximum Gasteiger partial charge on any atom is 0.257 e. The Morgan fingerprint density at radius 2 is 2.00 bits per heavy atom. The number of aromatic amines is 2. The zero-order chi connectivity index (χ0) is 19.7. The third kappa shape index (κ3) is 3.47. The molecule has 0 aliphatic carbocycles. The number of carbonyl (C=O) groups excluding carboxylic acids is 1. The van der Waals surface area contributed by atoms with Gasteiger partial charge in [-0.05, 0) is 26.7 Å². The summed E-state index contributed by atoms with van der Waals surface area (Å²) in [6.07, 6.45) is 1.79. The molecule has 1 aliphatic rings. The number of aromatic nitrogens is 4. The molecule has 3 aromatic rings. The highest BCUT2D eigenvalue weighted by atomic mass is 16.2. The first-order valence-corrected chi connectivity index (χ1v) is 9.50. The third-order valence-electron chi connectivity index (χ3n) is 5.22. The molecule has 7 nitrogen and oxygen atoms in total. The van der Waals surface area contributed by atoms with E-state index in [1.54, 1.807) is 13.0 Å². The average molecular weight is 377 g/mol. The molecule has 4 rings (SSSR count). The van der Waals surface area contributed by atoms with E-state index in [4.69, 9.17) is 0 Å². The van der Waals surface area contributed by atoms with E-state index in [1.165, 1.54) is 0 Å². The molecular weight excluding hydrogens is 354 g/mol. The van der Waals surface area contributed by atoms with Crippen molar-refractivity contribution < 1.29 is 4.79 Å². The van der Waals surface area contributed by atoms with Crippen LogP contribution >= 0.6 is 0 Å². The lowest BCUT2D eigenvalue weighted by atomic mass is 9.93. The van der Waals surface area contributed by atoms with E-state index in [0.29, 0.717) is 30.2 Å². The number of nitrogens with one attached hydrogen (secondary N) is 2. The summed E-state index contributed by atoms with van der Waals surface area (Å²) in [6, 6.07) is 11.3. The summed E-state index contributed by atoms with van der Waals surface area (Å²) in [5.74, 6) is 0.630. The summed E-state index contributed by atoms with van der Waals surface area (Å²) in [4.78, 5) is 34.2. The van der Waals surface area contributed by atoms with Gasteiger partial charge in [0, 0.05) is 36.3 Å². The largest absolute Gasteiger partial charge is 0.338 e. The van der Waals surface area contributed by atoms with Crippen LogP contribution < -0.4 is 5.56 Å². The zero-order valence-corrected chi connectivity index (χ0v) is 16.0. The summed E-state index contributed by atoms with van der Waals surface area (Å²) in [6.45, 7) is 4.89. The molecule has 0 bridgehead atoms. The van der Waals surface area contributed by atoms with Gasteiger partial charge in [-0.15, -0.1) is 0 Å². The molecule has 0 spiro atoms. The second-order valence-electron chi connectivity index (χ2n) is 7.28. The average Bonchev–Trinajstić information content (AvgIpc) is 3.09.